The highest BCUT2D eigenvalue weighted by Gasteiger charge is 2.24. The number of nitrogens with one attached hydrogen (secondary N) is 1. The van der Waals surface area contributed by atoms with E-state index in [4.69, 9.17) is 17.2 Å². The van der Waals surface area contributed by atoms with Gasteiger partial charge in [-0.3, -0.25) is 9.11 Å². The monoisotopic (exact) mass is 818 g/mol. The molecule has 0 unspecified atom stereocenters. The van der Waals surface area contributed by atoms with Gasteiger partial charge in [0, 0.05) is 33.5 Å². The van der Waals surface area contributed by atoms with Crippen molar-refractivity contribution in [3.8, 4) is 11.5 Å². The van der Waals surface area contributed by atoms with Crippen molar-refractivity contribution < 1.29 is 36.2 Å². The Morgan fingerprint density at radius 3 is 1.41 bits per heavy atom. The van der Waals surface area contributed by atoms with Gasteiger partial charge in [0.2, 0.25) is 0 Å². The molecule has 58 heavy (non-hydrogen) atoms. The molecule has 0 aromatic heterocycles. The molecule has 0 aliphatic heterocycles. The summed E-state index contributed by atoms with van der Waals surface area (Å²) >= 11 is 0. The van der Waals surface area contributed by atoms with Crippen LogP contribution < -0.4 is 22.5 Å². The summed E-state index contributed by atoms with van der Waals surface area (Å²) in [6, 6.07) is 29.0. The topological polar surface area (TPSA) is 313 Å². The van der Waals surface area contributed by atoms with Gasteiger partial charge in [0.15, 0.2) is 11.5 Å². The number of anilines is 5. The first-order chi connectivity index (χ1) is 27.5. The summed E-state index contributed by atoms with van der Waals surface area (Å²) in [5, 5.41) is 50.2. The normalized spacial score (nSPS) is 12.4. The second kappa shape index (κ2) is 15.2. The highest BCUT2D eigenvalue weighted by atomic mass is 32.2. The minimum atomic E-state index is -4.92. The number of azo groups is 3. The smallest absolute Gasteiger partial charge is 0.296 e. The molecular formula is C38H30N10O8S2. The van der Waals surface area contributed by atoms with E-state index in [9.17, 15) is 36.2 Å². The fraction of sp³-hybridized carbons (Fsp3) is 0. The maximum absolute atomic E-state index is 12.4. The maximum Gasteiger partial charge on any atom is 0.296 e. The van der Waals surface area contributed by atoms with E-state index in [1.54, 1.807) is 66.7 Å². The molecule has 7 aromatic rings. The molecule has 0 saturated heterocycles. The van der Waals surface area contributed by atoms with Crippen molar-refractivity contribution in [2.75, 3.05) is 22.5 Å². The largest absolute Gasteiger partial charge is 0.505 e. The third-order valence-electron chi connectivity index (χ3n) is 8.55. The molecule has 0 fully saturated rings. The number of nitrogen functional groups attached to an aromatic ring is 3. The van der Waals surface area contributed by atoms with Crippen LogP contribution in [0.2, 0.25) is 0 Å². The maximum atomic E-state index is 12.4. The Bertz CT molecular complexity index is 3090. The molecule has 292 valence electrons. The number of benzene rings is 7. The van der Waals surface area contributed by atoms with Crippen LogP contribution in [0.4, 0.5) is 62.6 Å². The van der Waals surface area contributed by atoms with Crippen LogP contribution in [0, 0.1) is 0 Å². The molecule has 0 aliphatic rings. The van der Waals surface area contributed by atoms with Gasteiger partial charge < -0.3 is 32.7 Å². The Balaban J connectivity index is 1.14. The molecule has 0 heterocycles. The fourth-order valence-electron chi connectivity index (χ4n) is 5.72. The van der Waals surface area contributed by atoms with E-state index >= 15 is 0 Å². The first-order valence-electron chi connectivity index (χ1n) is 16.7. The molecule has 0 bridgehead atoms. The SMILES string of the molecule is Nc1ccc(N=Nc2ccc(Nc3ccc(N=Nc4c(S(=O)(=O)O)cc5ccc(N=Nc6c(S(=O)(=O)O)cc7ccc(N)cc7c6O)cc5c4O)cc3)cc2)c(N)c1. The number of hydrogen-bond donors (Lipinski definition) is 8. The van der Waals surface area contributed by atoms with Gasteiger partial charge in [0.25, 0.3) is 20.2 Å². The summed E-state index contributed by atoms with van der Waals surface area (Å²) in [5.74, 6) is -1.31. The molecule has 7 rings (SSSR count). The van der Waals surface area contributed by atoms with Crippen molar-refractivity contribution in [3.05, 3.63) is 115 Å². The van der Waals surface area contributed by atoms with Crippen LogP contribution in [0.25, 0.3) is 21.5 Å². The fourth-order valence-corrected chi connectivity index (χ4v) is 7.03. The second-order valence-electron chi connectivity index (χ2n) is 12.6. The van der Waals surface area contributed by atoms with Crippen LogP contribution in [0.15, 0.2) is 156 Å². The predicted octanol–water partition coefficient (Wildman–Crippen LogP) is 9.63. The van der Waals surface area contributed by atoms with Gasteiger partial charge in [-0.2, -0.15) is 32.2 Å². The molecule has 7 aromatic carbocycles. The lowest BCUT2D eigenvalue weighted by molar-refractivity contribution is 0.471. The Labute approximate surface area is 329 Å². The van der Waals surface area contributed by atoms with Crippen LogP contribution in [0.5, 0.6) is 11.5 Å². The lowest BCUT2D eigenvalue weighted by Gasteiger charge is -2.10. The lowest BCUT2D eigenvalue weighted by Crippen LogP contribution is -1.99. The summed E-state index contributed by atoms with van der Waals surface area (Å²) in [6.45, 7) is 0. The van der Waals surface area contributed by atoms with E-state index in [0.717, 1.165) is 17.8 Å². The molecule has 0 spiro atoms. The third kappa shape index (κ3) is 8.34. The Morgan fingerprint density at radius 1 is 0.466 bits per heavy atom. The van der Waals surface area contributed by atoms with Crippen LogP contribution in [0.3, 0.4) is 0 Å². The van der Waals surface area contributed by atoms with Gasteiger partial charge in [-0.25, -0.2) is 0 Å². The summed E-state index contributed by atoms with van der Waals surface area (Å²) in [6.07, 6.45) is 0. The first kappa shape index (κ1) is 38.7. The first-order valence-corrected chi connectivity index (χ1v) is 19.6. The Hall–Kier alpha value is -7.52. The van der Waals surface area contributed by atoms with Crippen molar-refractivity contribution in [1.29, 1.82) is 0 Å². The third-order valence-corrected chi connectivity index (χ3v) is 10.3. The van der Waals surface area contributed by atoms with Crippen molar-refractivity contribution >= 4 is 104 Å². The Kier molecular flexibility index (Phi) is 10.2. The van der Waals surface area contributed by atoms with Crippen molar-refractivity contribution in [3.63, 3.8) is 0 Å². The summed E-state index contributed by atoms with van der Waals surface area (Å²) in [4.78, 5) is -1.46. The van der Waals surface area contributed by atoms with E-state index < -0.39 is 52.9 Å². The van der Waals surface area contributed by atoms with Gasteiger partial charge in [-0.15, -0.1) is 15.3 Å². The van der Waals surface area contributed by atoms with Gasteiger partial charge in [-0.1, -0.05) is 12.1 Å². The standard InChI is InChI=1S/C38H30N10O8S2/c39-22-3-1-20-15-33(57(51,52)53)35(37(49)29(20)17-22)48-45-28-5-2-21-16-34(58(54,55)56)36(38(50)30(21)19-28)47-44-27-12-8-25(9-13-27)42-24-6-10-26(11-7-24)43-46-32-14-4-23(40)18-31(32)41/h1-19,42,49-50H,39-41H2,(H,51,52,53)(H,54,55,56). The number of phenols is 2. The summed E-state index contributed by atoms with van der Waals surface area (Å²) in [7, 11) is -9.81. The molecule has 0 saturated carbocycles. The van der Waals surface area contributed by atoms with Gasteiger partial charge in [-0.05, 0) is 114 Å². The average Bonchev–Trinajstić information content (AvgIpc) is 3.17. The molecule has 0 amide bonds. The van der Waals surface area contributed by atoms with E-state index in [1.165, 1.54) is 36.4 Å². The summed E-state index contributed by atoms with van der Waals surface area (Å²) < 4.78 is 69.1. The van der Waals surface area contributed by atoms with Crippen LogP contribution in [-0.2, 0) is 20.2 Å². The molecule has 20 heteroatoms. The number of fused-ring (bicyclic) bond motifs is 2. The van der Waals surface area contributed by atoms with E-state index in [0.29, 0.717) is 28.4 Å². The van der Waals surface area contributed by atoms with Gasteiger partial charge >= 0.3 is 0 Å². The highest BCUT2D eigenvalue weighted by molar-refractivity contribution is 7.86. The minimum Gasteiger partial charge on any atom is -0.505 e. The van der Waals surface area contributed by atoms with E-state index in [2.05, 4.69) is 36.0 Å². The average molecular weight is 819 g/mol. The Morgan fingerprint density at radius 2 is 0.897 bits per heavy atom. The number of aromatic hydroxyl groups is 2. The molecule has 11 N–H and O–H groups in total. The van der Waals surface area contributed by atoms with Crippen LogP contribution in [-0.4, -0.2) is 36.2 Å². The van der Waals surface area contributed by atoms with Crippen LogP contribution >= 0.6 is 0 Å². The summed E-state index contributed by atoms with van der Waals surface area (Å²) in [5.41, 5.74) is 20.2. The van der Waals surface area contributed by atoms with Gasteiger partial charge in [0.1, 0.15) is 26.9 Å². The molecule has 18 nitrogen and oxygen atoms in total. The second-order valence-corrected chi connectivity index (χ2v) is 15.4. The molecule has 0 radical (unpaired) electrons. The lowest BCUT2D eigenvalue weighted by atomic mass is 10.1. The van der Waals surface area contributed by atoms with Crippen molar-refractivity contribution in [2.24, 2.45) is 30.7 Å². The quantitative estimate of drug-likeness (QED) is 0.0363. The predicted molar refractivity (Wildman–Crippen MR) is 219 cm³/mol. The van der Waals surface area contributed by atoms with Crippen molar-refractivity contribution in [2.45, 2.75) is 9.79 Å². The zero-order chi connectivity index (χ0) is 41.4. The van der Waals surface area contributed by atoms with Crippen molar-refractivity contribution in [1.82, 2.24) is 0 Å². The molecular weight excluding hydrogens is 789 g/mol. The number of nitrogens with two attached hydrogens (primary N) is 3. The number of rotatable bonds is 10. The van der Waals surface area contributed by atoms with E-state index in [1.807, 2.05) is 0 Å². The van der Waals surface area contributed by atoms with Gasteiger partial charge in [0.05, 0.1) is 22.7 Å². The minimum absolute atomic E-state index is 0.00382. The van der Waals surface area contributed by atoms with Crippen LogP contribution in [0.1, 0.15) is 0 Å². The number of hydrogen-bond acceptors (Lipinski definition) is 16. The molecule has 0 aliphatic carbocycles. The molecule has 0 atom stereocenters. The zero-order valence-corrected chi connectivity index (χ0v) is 31.3. The van der Waals surface area contributed by atoms with E-state index in [-0.39, 0.29) is 38.6 Å². The number of phenolic OH excluding ortho intramolecular Hbond substituents is 2. The zero-order valence-electron chi connectivity index (χ0n) is 29.6. The number of nitrogens with zero attached hydrogens (tertiary/aromatic N) is 6. The highest BCUT2D eigenvalue weighted by Crippen LogP contribution is 2.44.